The number of carbonyl (C=O) groups excluding carboxylic acids is 1. The molecular formula is C22H20Cl2FN5O. The van der Waals surface area contributed by atoms with Crippen molar-refractivity contribution in [3.8, 4) is 22.5 Å². The number of aromatic nitrogens is 3. The Kier molecular flexibility index (Phi) is 6.07. The smallest absolute Gasteiger partial charge is 0.222 e. The largest absolute Gasteiger partial charge is 0.351 e. The third-order valence-corrected chi connectivity index (χ3v) is 5.59. The normalized spacial score (nSPS) is 13.9. The van der Waals surface area contributed by atoms with Gasteiger partial charge in [-0.25, -0.2) is 14.4 Å². The van der Waals surface area contributed by atoms with Gasteiger partial charge in [-0.1, -0.05) is 37.0 Å². The van der Waals surface area contributed by atoms with Gasteiger partial charge in [0, 0.05) is 47.6 Å². The molecule has 1 N–H and O–H groups in total. The summed E-state index contributed by atoms with van der Waals surface area (Å²) in [6.45, 7) is 4.95. The maximum absolute atomic E-state index is 14.7. The molecule has 0 saturated carbocycles. The fourth-order valence-corrected chi connectivity index (χ4v) is 3.66. The Morgan fingerprint density at radius 3 is 2.61 bits per heavy atom. The molecule has 0 unspecified atom stereocenters. The Morgan fingerprint density at radius 2 is 1.94 bits per heavy atom. The van der Waals surface area contributed by atoms with Crippen LogP contribution in [0.5, 0.6) is 0 Å². The monoisotopic (exact) mass is 459 g/mol. The number of pyridine rings is 1. The summed E-state index contributed by atoms with van der Waals surface area (Å²) in [4.78, 5) is 27.2. The second-order valence-electron chi connectivity index (χ2n) is 7.67. The number of benzene rings is 1. The zero-order chi connectivity index (χ0) is 22.1. The van der Waals surface area contributed by atoms with Crippen molar-refractivity contribution in [1.82, 2.24) is 20.3 Å². The molecule has 9 heteroatoms. The topological polar surface area (TPSA) is 71.0 Å². The van der Waals surface area contributed by atoms with Crippen LogP contribution in [-0.2, 0) is 4.79 Å². The second-order valence-corrected chi connectivity index (χ2v) is 8.51. The van der Waals surface area contributed by atoms with Crippen LogP contribution in [0.3, 0.4) is 0 Å². The molecule has 0 radical (unpaired) electrons. The Balaban J connectivity index is 1.69. The molecule has 1 amide bonds. The Hall–Kier alpha value is -2.77. The number of rotatable bonds is 5. The van der Waals surface area contributed by atoms with Crippen LogP contribution >= 0.6 is 23.2 Å². The van der Waals surface area contributed by atoms with Crippen LogP contribution in [0.4, 0.5) is 10.2 Å². The molecule has 2 aromatic heterocycles. The van der Waals surface area contributed by atoms with Gasteiger partial charge in [-0.2, -0.15) is 0 Å². The summed E-state index contributed by atoms with van der Waals surface area (Å²) < 4.78 is 14.7. The van der Waals surface area contributed by atoms with Crippen molar-refractivity contribution in [2.75, 3.05) is 18.0 Å². The number of amides is 1. The van der Waals surface area contributed by atoms with Crippen molar-refractivity contribution in [3.63, 3.8) is 0 Å². The van der Waals surface area contributed by atoms with Crippen LogP contribution in [0.25, 0.3) is 22.5 Å². The lowest BCUT2D eigenvalue weighted by atomic mass is 10.0. The van der Waals surface area contributed by atoms with Crippen molar-refractivity contribution < 1.29 is 9.18 Å². The molecule has 1 aromatic carbocycles. The van der Waals surface area contributed by atoms with E-state index in [0.29, 0.717) is 45.9 Å². The molecule has 160 valence electrons. The predicted octanol–water partition coefficient (Wildman–Crippen LogP) is 4.61. The van der Waals surface area contributed by atoms with Crippen LogP contribution in [0.2, 0.25) is 10.0 Å². The minimum Gasteiger partial charge on any atom is -0.351 e. The molecule has 0 aliphatic carbocycles. The highest BCUT2D eigenvalue weighted by molar-refractivity contribution is 6.33. The van der Waals surface area contributed by atoms with Crippen LogP contribution in [0, 0.1) is 11.7 Å². The van der Waals surface area contributed by atoms with Gasteiger partial charge in [0.05, 0.1) is 23.0 Å². The molecule has 1 saturated heterocycles. The number of nitrogens with zero attached hydrogens (tertiary/aromatic N) is 4. The van der Waals surface area contributed by atoms with Crippen molar-refractivity contribution in [1.29, 1.82) is 0 Å². The zero-order valence-corrected chi connectivity index (χ0v) is 18.5. The van der Waals surface area contributed by atoms with E-state index in [-0.39, 0.29) is 23.4 Å². The molecule has 0 atom stereocenters. The van der Waals surface area contributed by atoms with Crippen LogP contribution < -0.4 is 10.2 Å². The summed E-state index contributed by atoms with van der Waals surface area (Å²) in [5, 5.41) is 3.68. The molecule has 1 aliphatic rings. The van der Waals surface area contributed by atoms with Crippen LogP contribution in [0.15, 0.2) is 42.9 Å². The maximum atomic E-state index is 14.7. The minimum atomic E-state index is -0.499. The molecule has 3 heterocycles. The summed E-state index contributed by atoms with van der Waals surface area (Å²) >= 11 is 12.3. The fraction of sp³-hybridized carbons (Fsp3) is 0.273. The van der Waals surface area contributed by atoms with Gasteiger partial charge in [-0.05, 0) is 24.3 Å². The number of hydrogen-bond acceptors (Lipinski definition) is 5. The van der Waals surface area contributed by atoms with E-state index >= 15 is 0 Å². The fourth-order valence-electron chi connectivity index (χ4n) is 3.29. The summed E-state index contributed by atoms with van der Waals surface area (Å²) in [5.41, 5.74) is 1.68. The molecule has 31 heavy (non-hydrogen) atoms. The predicted molar refractivity (Wildman–Crippen MR) is 120 cm³/mol. The molecule has 0 bridgehead atoms. The van der Waals surface area contributed by atoms with E-state index in [1.807, 2.05) is 18.7 Å². The van der Waals surface area contributed by atoms with Gasteiger partial charge in [0.15, 0.2) is 0 Å². The van der Waals surface area contributed by atoms with Crippen molar-refractivity contribution in [3.05, 3.63) is 58.7 Å². The van der Waals surface area contributed by atoms with E-state index in [4.69, 9.17) is 28.2 Å². The van der Waals surface area contributed by atoms with E-state index in [0.717, 1.165) is 0 Å². The molecule has 1 aliphatic heterocycles. The summed E-state index contributed by atoms with van der Waals surface area (Å²) in [6, 6.07) is 6.18. The highest BCUT2D eigenvalue weighted by Crippen LogP contribution is 2.36. The van der Waals surface area contributed by atoms with Gasteiger partial charge in [0.2, 0.25) is 5.91 Å². The number of nitrogens with one attached hydrogen (secondary N) is 1. The molecule has 0 spiro atoms. The van der Waals surface area contributed by atoms with Crippen LogP contribution in [-0.4, -0.2) is 40.0 Å². The van der Waals surface area contributed by atoms with E-state index in [2.05, 4.69) is 15.3 Å². The van der Waals surface area contributed by atoms with E-state index in [1.54, 1.807) is 30.6 Å². The third kappa shape index (κ3) is 4.48. The average Bonchev–Trinajstić information content (AvgIpc) is 2.70. The second kappa shape index (κ2) is 8.77. The lowest BCUT2D eigenvalue weighted by Crippen LogP contribution is -2.60. The molecule has 1 fully saturated rings. The first-order chi connectivity index (χ1) is 14.8. The molecule has 3 aromatic rings. The van der Waals surface area contributed by atoms with Gasteiger partial charge >= 0.3 is 0 Å². The third-order valence-electron chi connectivity index (χ3n) is 5.05. The Labute approximate surface area is 189 Å². The average molecular weight is 460 g/mol. The summed E-state index contributed by atoms with van der Waals surface area (Å²) in [6.07, 6.45) is 4.70. The van der Waals surface area contributed by atoms with Crippen molar-refractivity contribution >= 4 is 34.9 Å². The standard InChI is InChI=1S/C22H20Cl2FN5O/c1-12(2)22(31)28-14-10-30(11-14)19-9-27-20(16-4-3-13(23)7-18(16)25)21(29-19)15-5-6-26-8-17(15)24/h3-9,12,14H,10-11H2,1-2H3,(H,28,31). The number of carbonyl (C=O) groups is 1. The first kappa shape index (κ1) is 21.5. The lowest BCUT2D eigenvalue weighted by molar-refractivity contribution is -0.124. The number of halogens is 3. The quantitative estimate of drug-likeness (QED) is 0.602. The Bertz CT molecular complexity index is 1130. The number of hydrogen-bond donors (Lipinski definition) is 1. The number of anilines is 1. The molecule has 4 rings (SSSR count). The van der Waals surface area contributed by atoms with Gasteiger partial charge in [0.25, 0.3) is 0 Å². The minimum absolute atomic E-state index is 0.0218. The van der Waals surface area contributed by atoms with E-state index in [9.17, 15) is 9.18 Å². The van der Waals surface area contributed by atoms with E-state index in [1.165, 1.54) is 12.3 Å². The first-order valence-corrected chi connectivity index (χ1v) is 10.6. The summed E-state index contributed by atoms with van der Waals surface area (Å²) in [5.74, 6) is 0.0776. The zero-order valence-electron chi connectivity index (χ0n) is 16.9. The highest BCUT2D eigenvalue weighted by Gasteiger charge is 2.30. The van der Waals surface area contributed by atoms with Gasteiger partial charge < -0.3 is 10.2 Å². The first-order valence-electron chi connectivity index (χ1n) is 9.81. The molecular weight excluding hydrogens is 440 g/mol. The van der Waals surface area contributed by atoms with Crippen molar-refractivity contribution in [2.24, 2.45) is 5.92 Å². The lowest BCUT2D eigenvalue weighted by Gasteiger charge is -2.40. The van der Waals surface area contributed by atoms with Crippen molar-refractivity contribution in [2.45, 2.75) is 19.9 Å². The molecule has 6 nitrogen and oxygen atoms in total. The van der Waals surface area contributed by atoms with E-state index < -0.39 is 5.82 Å². The Morgan fingerprint density at radius 1 is 1.16 bits per heavy atom. The summed E-state index contributed by atoms with van der Waals surface area (Å²) in [7, 11) is 0. The van der Waals surface area contributed by atoms with Gasteiger partial charge in [0.1, 0.15) is 17.3 Å². The van der Waals surface area contributed by atoms with Gasteiger partial charge in [-0.15, -0.1) is 0 Å². The highest BCUT2D eigenvalue weighted by atomic mass is 35.5. The maximum Gasteiger partial charge on any atom is 0.222 e. The SMILES string of the molecule is CC(C)C(=O)NC1CN(c2cnc(-c3ccc(Cl)cc3F)c(-c3ccncc3Cl)n2)C1. The van der Waals surface area contributed by atoms with Crippen LogP contribution in [0.1, 0.15) is 13.8 Å². The van der Waals surface area contributed by atoms with Gasteiger partial charge in [-0.3, -0.25) is 9.78 Å².